The number of ether oxygens (including phenoxy) is 1. The highest BCUT2D eigenvalue weighted by Crippen LogP contribution is 2.18. The Kier molecular flexibility index (Phi) is 5.35. The standard InChI is InChI=1S/C15H22N2O3/c1-3-4-5-6-7-8-13-9-12-10-17(11-19-2)15(18)16-14(12)20-13/h9-10H,3-8,11H2,1-2H3. The summed E-state index contributed by atoms with van der Waals surface area (Å²) in [5.74, 6) is 0.901. The van der Waals surface area contributed by atoms with Crippen LogP contribution < -0.4 is 5.69 Å². The Balaban J connectivity index is 2.03. The van der Waals surface area contributed by atoms with Gasteiger partial charge in [0.1, 0.15) is 12.5 Å². The number of rotatable bonds is 8. The van der Waals surface area contributed by atoms with Crippen LogP contribution in [-0.4, -0.2) is 16.7 Å². The van der Waals surface area contributed by atoms with Gasteiger partial charge < -0.3 is 9.15 Å². The van der Waals surface area contributed by atoms with Crippen molar-refractivity contribution in [1.29, 1.82) is 0 Å². The van der Waals surface area contributed by atoms with Gasteiger partial charge in [-0.2, -0.15) is 4.98 Å². The van der Waals surface area contributed by atoms with Crippen LogP contribution in [0, 0.1) is 0 Å². The molecule has 2 aromatic rings. The SMILES string of the molecule is CCCCCCCc1cc2cn(COC)c(=O)nc2o1. The molecule has 0 aliphatic heterocycles. The molecule has 0 saturated carbocycles. The zero-order valence-electron chi connectivity index (χ0n) is 12.2. The molecule has 0 atom stereocenters. The van der Waals surface area contributed by atoms with E-state index in [2.05, 4.69) is 11.9 Å². The minimum absolute atomic E-state index is 0.208. The Bertz CT molecular complexity index is 601. The summed E-state index contributed by atoms with van der Waals surface area (Å²) in [7, 11) is 1.55. The average Bonchev–Trinajstić information content (AvgIpc) is 2.81. The molecule has 0 spiro atoms. The van der Waals surface area contributed by atoms with E-state index in [9.17, 15) is 4.79 Å². The summed E-state index contributed by atoms with van der Waals surface area (Å²) < 4.78 is 12.0. The molecule has 110 valence electrons. The second-order valence-corrected chi connectivity index (χ2v) is 5.05. The Morgan fingerprint density at radius 2 is 2.10 bits per heavy atom. The average molecular weight is 278 g/mol. The van der Waals surface area contributed by atoms with Gasteiger partial charge in [0.15, 0.2) is 0 Å². The van der Waals surface area contributed by atoms with E-state index >= 15 is 0 Å². The van der Waals surface area contributed by atoms with E-state index < -0.39 is 0 Å². The molecule has 20 heavy (non-hydrogen) atoms. The monoisotopic (exact) mass is 278 g/mol. The number of methoxy groups -OCH3 is 1. The molecule has 2 rings (SSSR count). The van der Waals surface area contributed by atoms with Crippen LogP contribution in [-0.2, 0) is 17.9 Å². The highest BCUT2D eigenvalue weighted by molar-refractivity contribution is 5.72. The molecule has 0 N–H and O–H groups in total. The van der Waals surface area contributed by atoms with Gasteiger partial charge in [0.05, 0.1) is 5.39 Å². The molecule has 0 amide bonds. The van der Waals surface area contributed by atoms with Crippen molar-refractivity contribution in [2.45, 2.75) is 52.2 Å². The quantitative estimate of drug-likeness (QED) is 0.696. The Hall–Kier alpha value is -1.62. The van der Waals surface area contributed by atoms with Gasteiger partial charge in [0.25, 0.3) is 0 Å². The van der Waals surface area contributed by atoms with Crippen LogP contribution in [0.4, 0.5) is 0 Å². The number of aromatic nitrogens is 2. The lowest BCUT2D eigenvalue weighted by atomic mass is 10.1. The first-order valence-corrected chi connectivity index (χ1v) is 7.23. The van der Waals surface area contributed by atoms with Crippen LogP contribution in [0.2, 0.25) is 0 Å². The van der Waals surface area contributed by atoms with E-state index in [0.29, 0.717) is 5.71 Å². The van der Waals surface area contributed by atoms with Crippen LogP contribution in [0.1, 0.15) is 44.8 Å². The molecule has 0 unspecified atom stereocenters. The summed E-state index contributed by atoms with van der Waals surface area (Å²) in [6, 6.07) is 1.97. The number of fused-ring (bicyclic) bond motifs is 1. The molecule has 5 heteroatoms. The van der Waals surface area contributed by atoms with Crippen LogP contribution >= 0.6 is 0 Å². The van der Waals surface area contributed by atoms with Gasteiger partial charge >= 0.3 is 5.69 Å². The molecular weight excluding hydrogens is 256 g/mol. The third kappa shape index (κ3) is 3.70. The Morgan fingerprint density at radius 3 is 2.85 bits per heavy atom. The van der Waals surface area contributed by atoms with E-state index in [4.69, 9.17) is 9.15 Å². The van der Waals surface area contributed by atoms with Crippen molar-refractivity contribution in [3.8, 4) is 0 Å². The zero-order valence-corrected chi connectivity index (χ0v) is 12.2. The maximum absolute atomic E-state index is 11.7. The second kappa shape index (κ2) is 7.24. The number of aryl methyl sites for hydroxylation is 1. The topological polar surface area (TPSA) is 57.3 Å². The molecule has 0 bridgehead atoms. The summed E-state index contributed by atoms with van der Waals surface area (Å²) in [6.07, 6.45) is 8.78. The molecule has 0 fully saturated rings. The van der Waals surface area contributed by atoms with E-state index in [1.165, 1.54) is 30.3 Å². The Morgan fingerprint density at radius 1 is 1.30 bits per heavy atom. The van der Waals surface area contributed by atoms with Crippen LogP contribution in [0.15, 0.2) is 21.5 Å². The van der Waals surface area contributed by atoms with Crippen molar-refractivity contribution < 1.29 is 9.15 Å². The lowest BCUT2D eigenvalue weighted by Gasteiger charge is -2.01. The number of hydrogen-bond donors (Lipinski definition) is 0. The maximum atomic E-state index is 11.7. The van der Waals surface area contributed by atoms with Gasteiger partial charge in [-0.1, -0.05) is 32.6 Å². The summed E-state index contributed by atoms with van der Waals surface area (Å²) in [4.78, 5) is 15.6. The zero-order chi connectivity index (χ0) is 14.4. The minimum Gasteiger partial charge on any atom is -0.443 e. The first-order chi connectivity index (χ1) is 9.74. The first kappa shape index (κ1) is 14.8. The lowest BCUT2D eigenvalue weighted by Crippen LogP contribution is -2.22. The third-order valence-corrected chi connectivity index (χ3v) is 3.32. The number of unbranched alkanes of at least 4 members (excludes halogenated alkanes) is 4. The van der Waals surface area contributed by atoms with E-state index in [1.54, 1.807) is 13.3 Å². The first-order valence-electron chi connectivity index (χ1n) is 7.23. The van der Waals surface area contributed by atoms with Crippen LogP contribution in [0.3, 0.4) is 0 Å². The third-order valence-electron chi connectivity index (χ3n) is 3.32. The van der Waals surface area contributed by atoms with Crippen molar-refractivity contribution in [2.75, 3.05) is 7.11 Å². The van der Waals surface area contributed by atoms with E-state index in [0.717, 1.165) is 24.0 Å². The summed E-state index contributed by atoms with van der Waals surface area (Å²) >= 11 is 0. The van der Waals surface area contributed by atoms with Crippen LogP contribution in [0.25, 0.3) is 11.1 Å². The number of hydrogen-bond acceptors (Lipinski definition) is 4. The van der Waals surface area contributed by atoms with Gasteiger partial charge in [0.2, 0.25) is 5.71 Å². The lowest BCUT2D eigenvalue weighted by molar-refractivity contribution is 0.127. The van der Waals surface area contributed by atoms with Gasteiger partial charge in [-0.05, 0) is 12.5 Å². The Labute approximate surface area is 118 Å². The highest BCUT2D eigenvalue weighted by atomic mass is 16.5. The van der Waals surface area contributed by atoms with Crippen molar-refractivity contribution in [3.05, 3.63) is 28.5 Å². The molecule has 2 heterocycles. The smallest absolute Gasteiger partial charge is 0.352 e. The molecule has 0 saturated heterocycles. The highest BCUT2D eigenvalue weighted by Gasteiger charge is 2.08. The number of nitrogens with zero attached hydrogens (tertiary/aromatic N) is 2. The fourth-order valence-electron chi connectivity index (χ4n) is 2.26. The summed E-state index contributed by atoms with van der Waals surface area (Å²) in [6.45, 7) is 2.42. The van der Waals surface area contributed by atoms with Crippen molar-refractivity contribution in [2.24, 2.45) is 0 Å². The van der Waals surface area contributed by atoms with E-state index in [-0.39, 0.29) is 12.4 Å². The predicted molar refractivity (Wildman–Crippen MR) is 77.7 cm³/mol. The predicted octanol–water partition coefficient (Wildman–Crippen LogP) is 3.11. The normalized spacial score (nSPS) is 11.3. The van der Waals surface area contributed by atoms with Gasteiger partial charge in [-0.25, -0.2) is 4.79 Å². The van der Waals surface area contributed by atoms with Crippen LogP contribution in [0.5, 0.6) is 0 Å². The molecule has 0 aromatic carbocycles. The molecular formula is C15H22N2O3. The summed E-state index contributed by atoms with van der Waals surface area (Å²) in [5, 5.41) is 0.852. The summed E-state index contributed by atoms with van der Waals surface area (Å²) in [5.41, 5.74) is 0.0779. The molecule has 0 radical (unpaired) electrons. The number of furan rings is 1. The van der Waals surface area contributed by atoms with Crippen molar-refractivity contribution in [3.63, 3.8) is 0 Å². The van der Waals surface area contributed by atoms with Gasteiger partial charge in [0, 0.05) is 19.7 Å². The largest absolute Gasteiger partial charge is 0.443 e. The van der Waals surface area contributed by atoms with Gasteiger partial charge in [-0.15, -0.1) is 0 Å². The molecule has 0 aliphatic carbocycles. The van der Waals surface area contributed by atoms with Crippen molar-refractivity contribution >= 4 is 11.1 Å². The maximum Gasteiger partial charge on any atom is 0.352 e. The molecule has 2 aromatic heterocycles. The van der Waals surface area contributed by atoms with Gasteiger partial charge in [-0.3, -0.25) is 4.57 Å². The molecule has 0 aliphatic rings. The fourth-order valence-corrected chi connectivity index (χ4v) is 2.26. The fraction of sp³-hybridized carbons (Fsp3) is 0.600. The second-order valence-electron chi connectivity index (χ2n) is 5.05. The minimum atomic E-state index is -0.344. The van der Waals surface area contributed by atoms with E-state index in [1.807, 2.05) is 6.07 Å². The van der Waals surface area contributed by atoms with Crippen molar-refractivity contribution in [1.82, 2.24) is 9.55 Å². The molecule has 5 nitrogen and oxygen atoms in total.